The highest BCUT2D eigenvalue weighted by Crippen LogP contribution is 2.22. The molecule has 1 rings (SSSR count). The zero-order valence-corrected chi connectivity index (χ0v) is 13.2. The average Bonchev–Trinajstić information content (AvgIpc) is 2.30. The molecular weight excluding hydrogens is 323 g/mol. The lowest BCUT2D eigenvalue weighted by Crippen LogP contribution is -2.12. The van der Waals surface area contributed by atoms with E-state index in [2.05, 4.69) is 67.6 Å². The third-order valence-electron chi connectivity index (χ3n) is 2.92. The zero-order chi connectivity index (χ0) is 12.7. The number of halogens is 1. The Labute approximate surface area is 119 Å². The molecule has 0 aromatic heterocycles. The lowest BCUT2D eigenvalue weighted by Gasteiger charge is -2.19. The van der Waals surface area contributed by atoms with E-state index in [0.29, 0.717) is 5.92 Å². The summed E-state index contributed by atoms with van der Waals surface area (Å²) in [6.45, 7) is 7.50. The minimum atomic E-state index is 0.245. The van der Waals surface area contributed by atoms with Crippen molar-refractivity contribution in [3.8, 4) is 0 Å². The van der Waals surface area contributed by atoms with Gasteiger partial charge in [0.15, 0.2) is 0 Å². The zero-order valence-electron chi connectivity index (χ0n) is 11.1. The van der Waals surface area contributed by atoms with Crippen LogP contribution in [0.2, 0.25) is 0 Å². The fourth-order valence-electron chi connectivity index (χ4n) is 1.96. The van der Waals surface area contributed by atoms with Crippen molar-refractivity contribution in [3.05, 3.63) is 35.4 Å². The fourth-order valence-corrected chi connectivity index (χ4v) is 2.72. The van der Waals surface area contributed by atoms with Crippen molar-refractivity contribution in [1.29, 1.82) is 0 Å². The second-order valence-corrected chi connectivity index (χ2v) is 5.67. The Morgan fingerprint density at radius 2 is 2.12 bits per heavy atom. The number of alkyl halides is 1. The van der Waals surface area contributed by atoms with Gasteiger partial charge in [0.1, 0.15) is 0 Å². The van der Waals surface area contributed by atoms with Gasteiger partial charge in [-0.1, -0.05) is 72.7 Å². The van der Waals surface area contributed by atoms with Crippen molar-refractivity contribution in [2.24, 2.45) is 5.92 Å². The lowest BCUT2D eigenvalue weighted by molar-refractivity contribution is 0.0458. The summed E-state index contributed by atoms with van der Waals surface area (Å²) in [5.74, 6) is 0.662. The summed E-state index contributed by atoms with van der Waals surface area (Å²) in [5.41, 5.74) is 2.62. The van der Waals surface area contributed by atoms with Crippen molar-refractivity contribution >= 4 is 22.6 Å². The van der Waals surface area contributed by atoms with Crippen LogP contribution in [0, 0.1) is 12.8 Å². The number of hydrogen-bond acceptors (Lipinski definition) is 1. The summed E-state index contributed by atoms with van der Waals surface area (Å²) >= 11 is 2.41. The summed E-state index contributed by atoms with van der Waals surface area (Å²) in [6, 6.07) is 8.64. The Hall–Kier alpha value is -0.0900. The molecular formula is C15H23IO. The largest absolute Gasteiger partial charge is 0.372 e. The van der Waals surface area contributed by atoms with E-state index in [4.69, 9.17) is 4.74 Å². The standard InChI is InChI=1S/C15H23IO/c1-4-6-13(3)11-17-15(10-16)14-8-5-7-12(2)9-14/h5,7-9,13,15H,4,6,10-11H2,1-3H3. The molecule has 0 N–H and O–H groups in total. The summed E-state index contributed by atoms with van der Waals surface area (Å²) in [4.78, 5) is 0. The second-order valence-electron chi connectivity index (χ2n) is 4.78. The fraction of sp³-hybridized carbons (Fsp3) is 0.600. The molecule has 0 fully saturated rings. The maximum absolute atomic E-state index is 6.04. The van der Waals surface area contributed by atoms with E-state index in [1.165, 1.54) is 24.0 Å². The Morgan fingerprint density at radius 3 is 2.71 bits per heavy atom. The van der Waals surface area contributed by atoms with Crippen LogP contribution in [0.15, 0.2) is 24.3 Å². The van der Waals surface area contributed by atoms with Crippen molar-refractivity contribution in [2.45, 2.75) is 39.7 Å². The van der Waals surface area contributed by atoms with Crippen LogP contribution in [0.1, 0.15) is 43.9 Å². The Kier molecular flexibility index (Phi) is 7.12. The maximum atomic E-state index is 6.04. The van der Waals surface area contributed by atoms with Crippen LogP contribution in [0.4, 0.5) is 0 Å². The number of benzene rings is 1. The van der Waals surface area contributed by atoms with Crippen molar-refractivity contribution in [2.75, 3.05) is 11.0 Å². The van der Waals surface area contributed by atoms with Crippen molar-refractivity contribution in [1.82, 2.24) is 0 Å². The highest BCUT2D eigenvalue weighted by atomic mass is 127. The molecule has 2 atom stereocenters. The van der Waals surface area contributed by atoms with Gasteiger partial charge < -0.3 is 4.74 Å². The number of hydrogen-bond donors (Lipinski definition) is 0. The predicted octanol–water partition coefficient (Wildman–Crippen LogP) is 4.92. The molecule has 0 spiro atoms. The Morgan fingerprint density at radius 1 is 1.35 bits per heavy atom. The number of aryl methyl sites for hydroxylation is 1. The van der Waals surface area contributed by atoms with Gasteiger partial charge in [0.2, 0.25) is 0 Å². The number of ether oxygens (including phenoxy) is 1. The van der Waals surface area contributed by atoms with Gasteiger partial charge in [0.05, 0.1) is 6.10 Å². The molecule has 1 nitrogen and oxygen atoms in total. The highest BCUT2D eigenvalue weighted by Gasteiger charge is 2.12. The molecule has 0 radical (unpaired) electrons. The first-order chi connectivity index (χ1) is 8.17. The topological polar surface area (TPSA) is 9.23 Å². The Bertz CT molecular complexity index is 324. The van der Waals surface area contributed by atoms with Gasteiger partial charge in [0, 0.05) is 11.0 Å². The molecule has 0 aliphatic heterocycles. The van der Waals surface area contributed by atoms with E-state index in [9.17, 15) is 0 Å². The minimum Gasteiger partial charge on any atom is -0.372 e. The van der Waals surface area contributed by atoms with E-state index in [1.807, 2.05) is 0 Å². The van der Waals surface area contributed by atoms with Gasteiger partial charge in [-0.05, 0) is 24.8 Å². The lowest BCUT2D eigenvalue weighted by atomic mass is 10.1. The molecule has 1 aromatic carbocycles. The van der Waals surface area contributed by atoms with Gasteiger partial charge in [-0.25, -0.2) is 0 Å². The molecule has 0 heterocycles. The third-order valence-corrected chi connectivity index (χ3v) is 3.72. The van der Waals surface area contributed by atoms with Crippen LogP contribution in [-0.2, 0) is 4.74 Å². The molecule has 96 valence electrons. The molecule has 0 saturated carbocycles. The molecule has 0 aliphatic carbocycles. The van der Waals surface area contributed by atoms with Gasteiger partial charge in [-0.15, -0.1) is 0 Å². The van der Waals surface area contributed by atoms with E-state index >= 15 is 0 Å². The van der Waals surface area contributed by atoms with Gasteiger partial charge in [-0.2, -0.15) is 0 Å². The third kappa shape index (κ3) is 5.38. The number of rotatable bonds is 7. The van der Waals surface area contributed by atoms with Crippen molar-refractivity contribution < 1.29 is 4.74 Å². The molecule has 0 amide bonds. The van der Waals surface area contributed by atoms with E-state index in [1.54, 1.807) is 0 Å². The quantitative estimate of drug-likeness (QED) is 0.503. The average molecular weight is 346 g/mol. The second kappa shape index (κ2) is 8.09. The van der Waals surface area contributed by atoms with Crippen LogP contribution in [-0.4, -0.2) is 11.0 Å². The van der Waals surface area contributed by atoms with Crippen LogP contribution < -0.4 is 0 Å². The normalized spacial score (nSPS) is 14.6. The molecule has 0 bridgehead atoms. The van der Waals surface area contributed by atoms with E-state index in [0.717, 1.165) is 11.0 Å². The summed E-state index contributed by atoms with van der Waals surface area (Å²) in [6.07, 6.45) is 2.74. The van der Waals surface area contributed by atoms with Gasteiger partial charge >= 0.3 is 0 Å². The summed E-state index contributed by atoms with van der Waals surface area (Å²) in [7, 11) is 0. The first-order valence-electron chi connectivity index (χ1n) is 6.41. The summed E-state index contributed by atoms with van der Waals surface area (Å²) in [5, 5.41) is 0. The molecule has 17 heavy (non-hydrogen) atoms. The molecule has 1 aromatic rings. The molecule has 2 heteroatoms. The SMILES string of the molecule is CCCC(C)COC(CI)c1cccc(C)c1. The molecule has 0 saturated heterocycles. The van der Waals surface area contributed by atoms with Gasteiger partial charge in [-0.3, -0.25) is 0 Å². The molecule has 0 aliphatic rings. The maximum Gasteiger partial charge on any atom is 0.0914 e. The van der Waals surface area contributed by atoms with Crippen LogP contribution in [0.5, 0.6) is 0 Å². The van der Waals surface area contributed by atoms with E-state index in [-0.39, 0.29) is 6.10 Å². The first-order valence-corrected chi connectivity index (χ1v) is 7.94. The van der Waals surface area contributed by atoms with Gasteiger partial charge in [0.25, 0.3) is 0 Å². The molecule has 2 unspecified atom stereocenters. The highest BCUT2D eigenvalue weighted by molar-refractivity contribution is 14.1. The summed E-state index contributed by atoms with van der Waals surface area (Å²) < 4.78 is 7.05. The minimum absolute atomic E-state index is 0.245. The van der Waals surface area contributed by atoms with Crippen LogP contribution >= 0.6 is 22.6 Å². The van der Waals surface area contributed by atoms with E-state index < -0.39 is 0 Å². The Balaban J connectivity index is 2.54. The monoisotopic (exact) mass is 346 g/mol. The van der Waals surface area contributed by atoms with Crippen LogP contribution in [0.3, 0.4) is 0 Å². The smallest absolute Gasteiger partial charge is 0.0914 e. The predicted molar refractivity (Wildman–Crippen MR) is 82.8 cm³/mol. The van der Waals surface area contributed by atoms with Crippen LogP contribution in [0.25, 0.3) is 0 Å². The van der Waals surface area contributed by atoms with Crippen molar-refractivity contribution in [3.63, 3.8) is 0 Å². The first kappa shape index (κ1) is 15.0.